The summed E-state index contributed by atoms with van der Waals surface area (Å²) in [5.74, 6) is 0.397. The Labute approximate surface area is 159 Å². The van der Waals surface area contributed by atoms with E-state index in [9.17, 15) is 9.59 Å². The van der Waals surface area contributed by atoms with E-state index >= 15 is 0 Å². The van der Waals surface area contributed by atoms with Crippen LogP contribution in [-0.4, -0.2) is 56.3 Å². The van der Waals surface area contributed by atoms with Gasteiger partial charge in [-0.25, -0.2) is 0 Å². The molecule has 0 spiro atoms. The number of fused-ring (bicyclic) bond motifs is 1. The summed E-state index contributed by atoms with van der Waals surface area (Å²) in [6.07, 6.45) is 0.555. The Morgan fingerprint density at radius 2 is 1.74 bits per heavy atom. The SMILES string of the molecule is COc1ccc(N2CCN(CC(=O)C3Cc4ccccc4C3=O)CC2)cc1. The summed E-state index contributed by atoms with van der Waals surface area (Å²) in [6, 6.07) is 15.6. The summed E-state index contributed by atoms with van der Waals surface area (Å²) in [4.78, 5) is 29.7. The molecular formula is C22H24N2O3. The molecule has 1 fully saturated rings. The predicted molar refractivity (Wildman–Crippen MR) is 105 cm³/mol. The maximum atomic E-state index is 12.7. The molecule has 27 heavy (non-hydrogen) atoms. The van der Waals surface area contributed by atoms with Crippen molar-refractivity contribution in [3.05, 3.63) is 59.7 Å². The molecule has 2 aliphatic rings. The van der Waals surface area contributed by atoms with Crippen molar-refractivity contribution in [2.45, 2.75) is 6.42 Å². The van der Waals surface area contributed by atoms with Gasteiger partial charge in [-0.05, 0) is 36.2 Å². The molecule has 1 unspecified atom stereocenters. The second kappa shape index (κ2) is 7.53. The number of hydrogen-bond acceptors (Lipinski definition) is 5. The number of ether oxygens (including phenoxy) is 1. The zero-order valence-electron chi connectivity index (χ0n) is 15.6. The molecule has 5 nitrogen and oxygen atoms in total. The summed E-state index contributed by atoms with van der Waals surface area (Å²) < 4.78 is 5.21. The normalized spacial score (nSPS) is 19.8. The summed E-state index contributed by atoms with van der Waals surface area (Å²) in [5.41, 5.74) is 2.90. The second-order valence-corrected chi connectivity index (χ2v) is 7.21. The lowest BCUT2D eigenvalue weighted by molar-refractivity contribution is -0.122. The van der Waals surface area contributed by atoms with Gasteiger partial charge in [-0.2, -0.15) is 0 Å². The molecule has 1 aliphatic heterocycles. The highest BCUT2D eigenvalue weighted by Crippen LogP contribution is 2.27. The van der Waals surface area contributed by atoms with Crippen LogP contribution in [0.3, 0.4) is 0 Å². The zero-order chi connectivity index (χ0) is 18.8. The highest BCUT2D eigenvalue weighted by molar-refractivity contribution is 6.14. The molecule has 2 aromatic carbocycles. The number of rotatable bonds is 5. The van der Waals surface area contributed by atoms with Crippen LogP contribution in [0.2, 0.25) is 0 Å². The first-order chi connectivity index (χ1) is 13.2. The van der Waals surface area contributed by atoms with E-state index in [0.717, 1.165) is 43.1 Å². The van der Waals surface area contributed by atoms with Crippen molar-refractivity contribution in [3.8, 4) is 5.75 Å². The molecule has 1 atom stereocenters. The second-order valence-electron chi connectivity index (χ2n) is 7.21. The lowest BCUT2D eigenvalue weighted by atomic mass is 9.99. The van der Waals surface area contributed by atoms with Gasteiger partial charge in [-0.1, -0.05) is 24.3 Å². The molecule has 0 radical (unpaired) electrons. The fourth-order valence-corrected chi connectivity index (χ4v) is 3.99. The minimum absolute atomic E-state index is 0.00697. The van der Waals surface area contributed by atoms with Crippen molar-refractivity contribution in [2.24, 2.45) is 5.92 Å². The summed E-state index contributed by atoms with van der Waals surface area (Å²) >= 11 is 0. The number of benzene rings is 2. The minimum atomic E-state index is -0.498. The van der Waals surface area contributed by atoms with Crippen molar-refractivity contribution in [2.75, 3.05) is 44.7 Å². The molecule has 4 rings (SSSR count). The predicted octanol–water partition coefficient (Wildman–Crippen LogP) is 2.44. The van der Waals surface area contributed by atoms with Gasteiger partial charge in [-0.15, -0.1) is 0 Å². The number of Topliss-reactive ketones (excluding diaryl/α,β-unsaturated/α-hetero) is 2. The number of hydrogen-bond donors (Lipinski definition) is 0. The maximum Gasteiger partial charge on any atom is 0.173 e. The Bertz CT molecular complexity index is 839. The van der Waals surface area contributed by atoms with Gasteiger partial charge in [0.25, 0.3) is 0 Å². The third kappa shape index (κ3) is 3.60. The number of carbonyl (C=O) groups is 2. The third-order valence-electron chi connectivity index (χ3n) is 5.60. The lowest BCUT2D eigenvalue weighted by Gasteiger charge is -2.36. The van der Waals surface area contributed by atoms with Crippen LogP contribution < -0.4 is 9.64 Å². The Morgan fingerprint density at radius 1 is 1.04 bits per heavy atom. The van der Waals surface area contributed by atoms with Gasteiger partial charge >= 0.3 is 0 Å². The van der Waals surface area contributed by atoms with E-state index in [4.69, 9.17) is 4.74 Å². The maximum absolute atomic E-state index is 12.7. The van der Waals surface area contributed by atoms with Gasteiger partial charge in [0.05, 0.1) is 19.6 Å². The molecule has 0 aromatic heterocycles. The average molecular weight is 364 g/mol. The Hall–Kier alpha value is -2.66. The Kier molecular flexibility index (Phi) is 4.94. The van der Waals surface area contributed by atoms with E-state index in [1.165, 1.54) is 5.69 Å². The van der Waals surface area contributed by atoms with Gasteiger partial charge < -0.3 is 9.64 Å². The van der Waals surface area contributed by atoms with E-state index in [1.807, 2.05) is 36.4 Å². The molecule has 2 aromatic rings. The van der Waals surface area contributed by atoms with Crippen molar-refractivity contribution in [3.63, 3.8) is 0 Å². The van der Waals surface area contributed by atoms with Gasteiger partial charge in [0.15, 0.2) is 11.6 Å². The van der Waals surface area contributed by atoms with Crippen LogP contribution in [0.5, 0.6) is 5.75 Å². The smallest absolute Gasteiger partial charge is 0.173 e. The molecule has 140 valence electrons. The van der Waals surface area contributed by atoms with Gasteiger partial charge in [-0.3, -0.25) is 14.5 Å². The number of carbonyl (C=O) groups excluding carboxylic acids is 2. The topological polar surface area (TPSA) is 49.9 Å². The molecule has 0 saturated carbocycles. The lowest BCUT2D eigenvalue weighted by Crippen LogP contribution is -2.49. The highest BCUT2D eigenvalue weighted by Gasteiger charge is 2.36. The van der Waals surface area contributed by atoms with Crippen LogP contribution >= 0.6 is 0 Å². The van der Waals surface area contributed by atoms with Gasteiger partial charge in [0.1, 0.15) is 5.75 Å². The number of methoxy groups -OCH3 is 1. The zero-order valence-corrected chi connectivity index (χ0v) is 15.6. The van der Waals surface area contributed by atoms with Crippen LogP contribution in [-0.2, 0) is 11.2 Å². The number of piperazine rings is 1. The van der Waals surface area contributed by atoms with Gasteiger partial charge in [0.2, 0.25) is 0 Å². The summed E-state index contributed by atoms with van der Waals surface area (Å²) in [7, 11) is 1.67. The van der Waals surface area contributed by atoms with Gasteiger partial charge in [0, 0.05) is 37.4 Å². The molecule has 1 saturated heterocycles. The molecule has 5 heteroatoms. The Balaban J connectivity index is 1.31. The number of anilines is 1. The van der Waals surface area contributed by atoms with Crippen molar-refractivity contribution < 1.29 is 14.3 Å². The number of ketones is 2. The van der Waals surface area contributed by atoms with Crippen molar-refractivity contribution >= 4 is 17.3 Å². The molecule has 0 N–H and O–H groups in total. The number of nitrogens with zero attached hydrogens (tertiary/aromatic N) is 2. The van der Waals surface area contributed by atoms with Crippen molar-refractivity contribution in [1.82, 2.24) is 4.90 Å². The van der Waals surface area contributed by atoms with E-state index < -0.39 is 5.92 Å². The molecule has 0 amide bonds. The molecular weight excluding hydrogens is 340 g/mol. The minimum Gasteiger partial charge on any atom is -0.497 e. The first-order valence-corrected chi connectivity index (χ1v) is 9.42. The largest absolute Gasteiger partial charge is 0.497 e. The molecule has 0 bridgehead atoms. The first-order valence-electron chi connectivity index (χ1n) is 9.42. The van der Waals surface area contributed by atoms with Crippen molar-refractivity contribution in [1.29, 1.82) is 0 Å². The quantitative estimate of drug-likeness (QED) is 0.763. The van der Waals surface area contributed by atoms with Crippen LogP contribution in [0.15, 0.2) is 48.5 Å². The molecule has 1 aliphatic carbocycles. The van der Waals surface area contributed by atoms with E-state index in [-0.39, 0.29) is 11.6 Å². The molecule has 1 heterocycles. The highest BCUT2D eigenvalue weighted by atomic mass is 16.5. The summed E-state index contributed by atoms with van der Waals surface area (Å²) in [6.45, 7) is 3.76. The summed E-state index contributed by atoms with van der Waals surface area (Å²) in [5, 5.41) is 0. The van der Waals surface area contributed by atoms with Crippen LogP contribution in [0.25, 0.3) is 0 Å². The monoisotopic (exact) mass is 364 g/mol. The fourth-order valence-electron chi connectivity index (χ4n) is 3.99. The van der Waals surface area contributed by atoms with Crippen LogP contribution in [0, 0.1) is 5.92 Å². The van der Waals surface area contributed by atoms with E-state index in [0.29, 0.717) is 13.0 Å². The van der Waals surface area contributed by atoms with E-state index in [2.05, 4.69) is 21.9 Å². The third-order valence-corrected chi connectivity index (χ3v) is 5.60. The first kappa shape index (κ1) is 17.7. The van der Waals surface area contributed by atoms with Crippen LogP contribution in [0.1, 0.15) is 15.9 Å². The van der Waals surface area contributed by atoms with E-state index in [1.54, 1.807) is 7.11 Å². The fraction of sp³-hybridized carbons (Fsp3) is 0.364. The van der Waals surface area contributed by atoms with Crippen LogP contribution in [0.4, 0.5) is 5.69 Å². The standard InChI is InChI=1S/C22H24N2O3/c1-27-18-8-6-17(7-9-18)24-12-10-23(11-13-24)15-21(25)20-14-16-4-2-3-5-19(16)22(20)26/h2-9,20H,10-15H2,1H3. The average Bonchev–Trinajstić information content (AvgIpc) is 3.06. The Morgan fingerprint density at radius 3 is 2.41 bits per heavy atom.